The molecule has 0 saturated carbocycles. The molecule has 0 bridgehead atoms. The van der Waals surface area contributed by atoms with Gasteiger partial charge in [0.1, 0.15) is 5.25 Å². The van der Waals surface area contributed by atoms with E-state index in [0.717, 1.165) is 17.6 Å². The number of anilines is 1. The molecular weight excluding hydrogens is 406 g/mol. The fraction of sp³-hybridized carbons (Fsp3) is 0.588. The van der Waals surface area contributed by atoms with E-state index < -0.39 is 15.1 Å². The molecule has 0 aromatic heterocycles. The zero-order valence-electron chi connectivity index (χ0n) is 14.3. The van der Waals surface area contributed by atoms with Crippen molar-refractivity contribution in [1.82, 2.24) is 4.90 Å². The van der Waals surface area contributed by atoms with Crippen LogP contribution in [0.2, 0.25) is 0 Å². The molecule has 0 radical (unpaired) electrons. The minimum Gasteiger partial charge on any atom is -0.371 e. The minimum atomic E-state index is -3.46. The Hall–Kier alpha value is -1.12. The molecule has 2 fully saturated rings. The van der Waals surface area contributed by atoms with E-state index in [1.165, 1.54) is 12.6 Å². The monoisotopic (exact) mass is 429 g/mol. The quantitative estimate of drug-likeness (QED) is 0.757. The van der Waals surface area contributed by atoms with Gasteiger partial charge in [-0.25, -0.2) is 8.42 Å². The third-order valence-electron chi connectivity index (χ3n) is 5.28. The van der Waals surface area contributed by atoms with Crippen LogP contribution in [0, 0.1) is 11.8 Å². The van der Waals surface area contributed by atoms with Gasteiger partial charge in [0.15, 0.2) is 9.84 Å². The van der Waals surface area contributed by atoms with E-state index in [0.29, 0.717) is 24.9 Å². The van der Waals surface area contributed by atoms with Gasteiger partial charge in [0.25, 0.3) is 0 Å². The average Bonchev–Trinajstić information content (AvgIpc) is 3.13. The molecule has 1 amide bonds. The first kappa shape index (κ1) is 18.7. The maximum atomic E-state index is 12.6. The van der Waals surface area contributed by atoms with Gasteiger partial charge >= 0.3 is 0 Å². The van der Waals surface area contributed by atoms with Crippen molar-refractivity contribution in [3.63, 3.8) is 0 Å². The van der Waals surface area contributed by atoms with Gasteiger partial charge in [0, 0.05) is 54.7 Å². The Morgan fingerprint density at radius 2 is 1.76 bits per heavy atom. The summed E-state index contributed by atoms with van der Waals surface area (Å²) in [5, 5.41) is -1.00. The molecule has 2 saturated heterocycles. The summed E-state index contributed by atoms with van der Waals surface area (Å²) in [6.07, 6.45) is 0. The number of sulfone groups is 1. The van der Waals surface area contributed by atoms with Crippen LogP contribution in [0.3, 0.4) is 0 Å². The fourth-order valence-electron chi connectivity index (χ4n) is 3.79. The van der Waals surface area contributed by atoms with Crippen LogP contribution >= 0.6 is 15.9 Å². The van der Waals surface area contributed by atoms with Crippen molar-refractivity contribution in [2.24, 2.45) is 17.6 Å². The van der Waals surface area contributed by atoms with E-state index >= 15 is 0 Å². The van der Waals surface area contributed by atoms with Gasteiger partial charge in [-0.05, 0) is 31.2 Å². The number of fused-ring (bicyclic) bond motifs is 1. The smallest absolute Gasteiger partial charge is 0.240 e. The highest BCUT2D eigenvalue weighted by atomic mass is 79.9. The molecule has 3 atom stereocenters. The number of carbonyl (C=O) groups excluding carboxylic acids is 1. The number of hydrogen-bond acceptors (Lipinski definition) is 5. The number of carbonyl (C=O) groups is 1. The molecule has 2 aliphatic rings. The largest absolute Gasteiger partial charge is 0.371 e. The topological polar surface area (TPSA) is 83.7 Å². The molecule has 138 valence electrons. The highest BCUT2D eigenvalue weighted by molar-refractivity contribution is 9.10. The molecule has 8 heteroatoms. The van der Waals surface area contributed by atoms with Crippen molar-refractivity contribution in [3.8, 4) is 0 Å². The highest BCUT2D eigenvalue weighted by Gasteiger charge is 2.43. The Labute approximate surface area is 157 Å². The number of likely N-dealkylation sites (tertiary alicyclic amines) is 1. The lowest BCUT2D eigenvalue weighted by Crippen LogP contribution is -2.43. The fourth-order valence-corrected chi connectivity index (χ4v) is 5.19. The molecule has 0 spiro atoms. The standard InChI is InChI=1S/C17H24BrN3O3S/c1-12(25(23,24)7-6-19)17(22)21-10-13-8-20(9-14(13)11-21)16-4-2-15(18)3-5-16/h2-5,12-14H,6-11,19H2,1H3/t12?,13-,14+. The van der Waals surface area contributed by atoms with Crippen molar-refractivity contribution in [2.45, 2.75) is 12.2 Å². The first-order valence-corrected chi connectivity index (χ1v) is 11.0. The average molecular weight is 430 g/mol. The summed E-state index contributed by atoms with van der Waals surface area (Å²) in [5.41, 5.74) is 6.54. The van der Waals surface area contributed by atoms with Crippen LogP contribution in [0.25, 0.3) is 0 Å². The van der Waals surface area contributed by atoms with Crippen molar-refractivity contribution in [1.29, 1.82) is 0 Å². The number of amides is 1. The van der Waals surface area contributed by atoms with Gasteiger partial charge in [0.05, 0.1) is 5.75 Å². The van der Waals surface area contributed by atoms with E-state index in [1.54, 1.807) is 4.90 Å². The maximum Gasteiger partial charge on any atom is 0.240 e. The molecule has 2 aliphatic heterocycles. The van der Waals surface area contributed by atoms with Gasteiger partial charge in [-0.3, -0.25) is 4.79 Å². The Bertz CT molecular complexity index is 724. The highest BCUT2D eigenvalue weighted by Crippen LogP contribution is 2.34. The molecule has 25 heavy (non-hydrogen) atoms. The summed E-state index contributed by atoms with van der Waals surface area (Å²) in [7, 11) is -3.46. The number of halogens is 1. The molecule has 0 aliphatic carbocycles. The first-order valence-electron chi connectivity index (χ1n) is 8.52. The first-order chi connectivity index (χ1) is 11.8. The molecule has 1 unspecified atom stereocenters. The molecule has 6 nitrogen and oxygen atoms in total. The lowest BCUT2D eigenvalue weighted by Gasteiger charge is -2.25. The van der Waals surface area contributed by atoms with Gasteiger partial charge in [-0.2, -0.15) is 0 Å². The normalized spacial score (nSPS) is 24.4. The number of hydrogen-bond donors (Lipinski definition) is 1. The summed E-state index contributed by atoms with van der Waals surface area (Å²) in [6.45, 7) is 4.61. The van der Waals surface area contributed by atoms with Crippen LogP contribution in [0.15, 0.2) is 28.7 Å². The third kappa shape index (κ3) is 3.85. The zero-order chi connectivity index (χ0) is 18.2. The second-order valence-electron chi connectivity index (χ2n) is 6.94. The Morgan fingerprint density at radius 1 is 1.20 bits per heavy atom. The van der Waals surface area contributed by atoms with Crippen LogP contribution in [0.1, 0.15) is 6.92 Å². The summed E-state index contributed by atoms with van der Waals surface area (Å²) >= 11 is 3.45. The van der Waals surface area contributed by atoms with Crippen molar-refractivity contribution in [3.05, 3.63) is 28.7 Å². The molecule has 3 rings (SSSR count). The molecular formula is C17H24BrN3O3S. The number of nitrogens with two attached hydrogens (primary N) is 1. The van der Waals surface area contributed by atoms with Crippen LogP contribution in [0.4, 0.5) is 5.69 Å². The number of benzene rings is 1. The van der Waals surface area contributed by atoms with Gasteiger partial charge in [-0.1, -0.05) is 15.9 Å². The van der Waals surface area contributed by atoms with E-state index in [4.69, 9.17) is 5.73 Å². The molecule has 2 N–H and O–H groups in total. The second kappa shape index (κ2) is 7.25. The summed E-state index contributed by atoms with van der Waals surface area (Å²) in [5.74, 6) is 0.380. The Kier molecular flexibility index (Phi) is 5.41. The predicted octanol–water partition coefficient (Wildman–Crippen LogP) is 1.11. The summed E-state index contributed by atoms with van der Waals surface area (Å²) in [6, 6.07) is 8.25. The predicted molar refractivity (Wildman–Crippen MR) is 102 cm³/mol. The SMILES string of the molecule is CC(C(=O)N1C[C@@H]2CN(c3ccc(Br)cc3)C[C@@H]2C1)S(=O)(=O)CCN. The molecule has 1 aromatic carbocycles. The van der Waals surface area contributed by atoms with Gasteiger partial charge in [-0.15, -0.1) is 0 Å². The lowest BCUT2D eigenvalue weighted by atomic mass is 10.0. The van der Waals surface area contributed by atoms with E-state index in [2.05, 4.69) is 33.0 Å². The van der Waals surface area contributed by atoms with Crippen molar-refractivity contribution in [2.75, 3.05) is 43.4 Å². The van der Waals surface area contributed by atoms with Crippen LogP contribution in [-0.2, 0) is 14.6 Å². The van der Waals surface area contributed by atoms with Crippen molar-refractivity contribution >= 4 is 37.4 Å². The van der Waals surface area contributed by atoms with Crippen LogP contribution in [-0.4, -0.2) is 63.0 Å². The maximum absolute atomic E-state index is 12.6. The van der Waals surface area contributed by atoms with Crippen molar-refractivity contribution < 1.29 is 13.2 Å². The van der Waals surface area contributed by atoms with Crippen LogP contribution < -0.4 is 10.6 Å². The van der Waals surface area contributed by atoms with E-state index in [9.17, 15) is 13.2 Å². The molecule has 2 heterocycles. The summed E-state index contributed by atoms with van der Waals surface area (Å²) in [4.78, 5) is 16.6. The van der Waals surface area contributed by atoms with E-state index in [-0.39, 0.29) is 18.2 Å². The van der Waals surface area contributed by atoms with Gasteiger partial charge in [0.2, 0.25) is 5.91 Å². The van der Waals surface area contributed by atoms with Crippen LogP contribution in [0.5, 0.6) is 0 Å². The number of rotatable bonds is 5. The van der Waals surface area contributed by atoms with Gasteiger partial charge < -0.3 is 15.5 Å². The Balaban J connectivity index is 1.61. The zero-order valence-corrected chi connectivity index (χ0v) is 16.7. The third-order valence-corrected chi connectivity index (χ3v) is 7.89. The minimum absolute atomic E-state index is 0.0490. The second-order valence-corrected chi connectivity index (χ2v) is 10.3. The number of nitrogens with zero attached hydrogens (tertiary/aromatic N) is 2. The van der Waals surface area contributed by atoms with E-state index in [1.807, 2.05) is 12.1 Å². The Morgan fingerprint density at radius 3 is 2.28 bits per heavy atom. The lowest BCUT2D eigenvalue weighted by molar-refractivity contribution is -0.129. The molecule has 1 aromatic rings. The summed E-state index contributed by atoms with van der Waals surface area (Å²) < 4.78 is 25.3.